The molecule has 6 heteroatoms. The third-order valence-electron chi connectivity index (χ3n) is 5.04. The van der Waals surface area contributed by atoms with Crippen LogP contribution in [0, 0.1) is 11.7 Å². The molecule has 2 atom stereocenters. The minimum atomic E-state index is -0.220. The number of nitrogens with zero attached hydrogens (tertiary/aromatic N) is 4. The van der Waals surface area contributed by atoms with Crippen LogP contribution in [0.3, 0.4) is 0 Å². The Morgan fingerprint density at radius 1 is 1.17 bits per heavy atom. The molecule has 1 aliphatic carbocycles. The van der Waals surface area contributed by atoms with Crippen molar-refractivity contribution in [1.82, 2.24) is 14.7 Å². The van der Waals surface area contributed by atoms with Crippen molar-refractivity contribution in [2.75, 3.05) is 31.1 Å². The largest absolute Gasteiger partial charge is 0.368 e. The van der Waals surface area contributed by atoms with Gasteiger partial charge in [0.1, 0.15) is 5.82 Å². The third-order valence-corrected chi connectivity index (χ3v) is 5.04. The molecule has 1 aromatic heterocycles. The normalized spacial score (nSPS) is 23.4. The molecule has 0 bridgehead atoms. The van der Waals surface area contributed by atoms with Crippen LogP contribution in [0.4, 0.5) is 10.1 Å². The van der Waals surface area contributed by atoms with Crippen LogP contribution in [0.25, 0.3) is 0 Å². The fourth-order valence-electron chi connectivity index (χ4n) is 3.54. The zero-order valence-electron chi connectivity index (χ0n) is 13.7. The van der Waals surface area contributed by atoms with Crippen LogP contribution in [-0.2, 0) is 11.8 Å². The molecule has 1 aliphatic heterocycles. The molecular weight excluding hydrogens is 307 g/mol. The summed E-state index contributed by atoms with van der Waals surface area (Å²) < 4.78 is 14.8. The molecule has 0 spiro atoms. The summed E-state index contributed by atoms with van der Waals surface area (Å²) in [5, 5.41) is 4.19. The molecule has 126 valence electrons. The molecular formula is C18H21FN4O. The number of hydrogen-bond acceptors (Lipinski definition) is 3. The van der Waals surface area contributed by atoms with E-state index in [0.29, 0.717) is 5.92 Å². The molecule has 5 nitrogen and oxygen atoms in total. The lowest BCUT2D eigenvalue weighted by Crippen LogP contribution is -2.49. The van der Waals surface area contributed by atoms with E-state index >= 15 is 0 Å². The Morgan fingerprint density at radius 2 is 1.88 bits per heavy atom. The van der Waals surface area contributed by atoms with Crippen LogP contribution in [0.15, 0.2) is 36.7 Å². The smallest absolute Gasteiger partial charge is 0.226 e. The van der Waals surface area contributed by atoms with Gasteiger partial charge in [-0.1, -0.05) is 0 Å². The Hall–Kier alpha value is -2.37. The number of anilines is 1. The van der Waals surface area contributed by atoms with Gasteiger partial charge < -0.3 is 9.80 Å². The van der Waals surface area contributed by atoms with Crippen LogP contribution in [0.2, 0.25) is 0 Å². The first-order valence-corrected chi connectivity index (χ1v) is 8.39. The summed E-state index contributed by atoms with van der Waals surface area (Å²) in [5.74, 6) is 0.498. The molecule has 2 aliphatic rings. The van der Waals surface area contributed by atoms with E-state index in [1.54, 1.807) is 16.8 Å². The van der Waals surface area contributed by atoms with Crippen molar-refractivity contribution in [3.05, 3.63) is 48.0 Å². The van der Waals surface area contributed by atoms with E-state index in [1.165, 1.54) is 17.7 Å². The summed E-state index contributed by atoms with van der Waals surface area (Å²) in [6.07, 6.45) is 4.80. The molecule has 1 amide bonds. The number of hydrogen-bond donors (Lipinski definition) is 0. The Bertz CT molecular complexity index is 734. The third kappa shape index (κ3) is 2.88. The van der Waals surface area contributed by atoms with Crippen LogP contribution in [0.1, 0.15) is 17.9 Å². The topological polar surface area (TPSA) is 41.4 Å². The van der Waals surface area contributed by atoms with Gasteiger partial charge in [-0.05, 0) is 42.2 Å². The summed E-state index contributed by atoms with van der Waals surface area (Å²) in [4.78, 5) is 16.8. The minimum Gasteiger partial charge on any atom is -0.368 e. The molecule has 0 N–H and O–H groups in total. The van der Waals surface area contributed by atoms with Gasteiger partial charge >= 0.3 is 0 Å². The number of carbonyl (C=O) groups excluding carboxylic acids is 1. The van der Waals surface area contributed by atoms with Gasteiger partial charge in [0.2, 0.25) is 5.91 Å². The minimum absolute atomic E-state index is 0.117. The Balaban J connectivity index is 1.33. The maximum Gasteiger partial charge on any atom is 0.226 e. The quantitative estimate of drug-likeness (QED) is 0.865. The Morgan fingerprint density at radius 3 is 2.50 bits per heavy atom. The van der Waals surface area contributed by atoms with Crippen molar-refractivity contribution in [3.63, 3.8) is 0 Å². The van der Waals surface area contributed by atoms with Gasteiger partial charge in [-0.3, -0.25) is 9.48 Å². The van der Waals surface area contributed by atoms with Crippen molar-refractivity contribution in [1.29, 1.82) is 0 Å². The fourth-order valence-corrected chi connectivity index (χ4v) is 3.54. The van der Waals surface area contributed by atoms with Gasteiger partial charge in [-0.25, -0.2) is 4.39 Å². The molecule has 1 saturated carbocycles. The molecule has 2 fully saturated rings. The predicted molar refractivity (Wildman–Crippen MR) is 89.2 cm³/mol. The van der Waals surface area contributed by atoms with Crippen molar-refractivity contribution >= 4 is 11.6 Å². The maximum atomic E-state index is 13.0. The van der Waals surface area contributed by atoms with Gasteiger partial charge in [0, 0.05) is 51.0 Å². The second-order valence-electron chi connectivity index (χ2n) is 6.68. The monoisotopic (exact) mass is 328 g/mol. The summed E-state index contributed by atoms with van der Waals surface area (Å²) in [5.41, 5.74) is 2.18. The van der Waals surface area contributed by atoms with Gasteiger partial charge in [0.15, 0.2) is 0 Å². The van der Waals surface area contributed by atoms with Gasteiger partial charge in [0.25, 0.3) is 0 Å². The first-order valence-electron chi connectivity index (χ1n) is 8.39. The SMILES string of the molecule is Cn1cc([C@@H]2C[C@@H]2C(=O)N2CCN(c3ccc(F)cc3)CC2)cn1. The van der Waals surface area contributed by atoms with E-state index in [1.807, 2.05) is 24.3 Å². The summed E-state index contributed by atoms with van der Waals surface area (Å²) in [7, 11) is 1.90. The number of aryl methyl sites for hydroxylation is 1. The van der Waals surface area contributed by atoms with Gasteiger partial charge in [-0.15, -0.1) is 0 Å². The van der Waals surface area contributed by atoms with Crippen LogP contribution in [-0.4, -0.2) is 46.8 Å². The zero-order chi connectivity index (χ0) is 16.7. The first kappa shape index (κ1) is 15.2. The van der Waals surface area contributed by atoms with E-state index in [4.69, 9.17) is 0 Å². The first-order chi connectivity index (χ1) is 11.6. The van der Waals surface area contributed by atoms with Crippen LogP contribution >= 0.6 is 0 Å². The van der Waals surface area contributed by atoms with Crippen molar-refractivity contribution in [3.8, 4) is 0 Å². The number of piperazine rings is 1. The van der Waals surface area contributed by atoms with E-state index in [2.05, 4.69) is 10.00 Å². The van der Waals surface area contributed by atoms with Crippen molar-refractivity contribution in [2.24, 2.45) is 13.0 Å². The summed E-state index contributed by atoms with van der Waals surface area (Å²) in [6.45, 7) is 3.04. The summed E-state index contributed by atoms with van der Waals surface area (Å²) in [6, 6.07) is 6.56. The Labute approximate surface area is 140 Å². The van der Waals surface area contributed by atoms with E-state index in [-0.39, 0.29) is 17.6 Å². The number of aromatic nitrogens is 2. The average Bonchev–Trinajstić information content (AvgIpc) is 3.29. The highest BCUT2D eigenvalue weighted by molar-refractivity contribution is 5.83. The molecule has 24 heavy (non-hydrogen) atoms. The molecule has 2 aromatic rings. The van der Waals surface area contributed by atoms with Crippen LogP contribution in [0.5, 0.6) is 0 Å². The average molecular weight is 328 g/mol. The number of amides is 1. The highest BCUT2D eigenvalue weighted by Crippen LogP contribution is 2.48. The lowest BCUT2D eigenvalue weighted by atomic mass is 10.1. The van der Waals surface area contributed by atoms with Crippen molar-refractivity contribution in [2.45, 2.75) is 12.3 Å². The lowest BCUT2D eigenvalue weighted by Gasteiger charge is -2.36. The highest BCUT2D eigenvalue weighted by Gasteiger charge is 2.46. The standard InChI is InChI=1S/C18H21FN4O/c1-21-12-13(11-20-21)16-10-17(16)18(24)23-8-6-22(7-9-23)15-4-2-14(19)3-5-15/h2-5,11-12,16-17H,6-10H2,1H3/t16-,17-/m0/s1. The predicted octanol–water partition coefficient (Wildman–Crippen LogP) is 2.01. The highest BCUT2D eigenvalue weighted by atomic mass is 19.1. The molecule has 1 aromatic carbocycles. The second-order valence-corrected chi connectivity index (χ2v) is 6.68. The Kier molecular flexibility index (Phi) is 3.75. The molecule has 1 saturated heterocycles. The molecule has 4 rings (SSSR count). The van der Waals surface area contributed by atoms with Crippen molar-refractivity contribution < 1.29 is 9.18 Å². The summed E-state index contributed by atoms with van der Waals surface area (Å²) >= 11 is 0. The fraction of sp³-hybridized carbons (Fsp3) is 0.444. The zero-order valence-corrected chi connectivity index (χ0v) is 13.7. The number of benzene rings is 1. The van der Waals surface area contributed by atoms with E-state index < -0.39 is 0 Å². The number of halogens is 1. The van der Waals surface area contributed by atoms with E-state index in [0.717, 1.165) is 38.3 Å². The lowest BCUT2D eigenvalue weighted by molar-refractivity contribution is -0.132. The number of carbonyl (C=O) groups is 1. The molecule has 0 radical (unpaired) electrons. The number of rotatable bonds is 3. The van der Waals surface area contributed by atoms with E-state index in [9.17, 15) is 9.18 Å². The molecule has 2 heterocycles. The van der Waals surface area contributed by atoms with Crippen LogP contribution < -0.4 is 4.90 Å². The van der Waals surface area contributed by atoms with Gasteiger partial charge in [0.05, 0.1) is 6.20 Å². The molecule has 0 unspecified atom stereocenters. The second kappa shape index (κ2) is 5.92. The maximum absolute atomic E-state index is 13.0. The van der Waals surface area contributed by atoms with Gasteiger partial charge in [-0.2, -0.15) is 5.10 Å².